The fourth-order valence-corrected chi connectivity index (χ4v) is 4.52. The summed E-state index contributed by atoms with van der Waals surface area (Å²) in [5, 5.41) is 5.16. The number of hydrogen-bond donors (Lipinski definition) is 2. The Kier molecular flexibility index (Phi) is 4.73. The largest absolute Gasteiger partial charge is 0.494 e. The van der Waals surface area contributed by atoms with Crippen molar-refractivity contribution in [3.63, 3.8) is 0 Å². The Balaban J connectivity index is 1.87. The van der Waals surface area contributed by atoms with Crippen molar-refractivity contribution in [1.82, 2.24) is 10.3 Å². The summed E-state index contributed by atoms with van der Waals surface area (Å²) in [6.45, 7) is 12.6. The lowest BCUT2D eigenvalue weighted by atomic mass is 9.87. The molecule has 2 heterocycles. The Labute approximate surface area is 162 Å². The van der Waals surface area contributed by atoms with Crippen LogP contribution >= 0.6 is 0 Å². The van der Waals surface area contributed by atoms with Crippen LogP contribution < -0.4 is 10.1 Å². The van der Waals surface area contributed by atoms with Gasteiger partial charge in [-0.15, -0.1) is 0 Å². The molecule has 142 valence electrons. The van der Waals surface area contributed by atoms with Crippen molar-refractivity contribution in [2.45, 2.75) is 53.0 Å². The first kappa shape index (κ1) is 18.1. The van der Waals surface area contributed by atoms with E-state index >= 15 is 0 Å². The maximum atomic E-state index is 5.76. The average Bonchev–Trinajstić information content (AvgIpc) is 3.01. The monoisotopic (exact) mass is 362 g/mol. The molecule has 4 rings (SSSR count). The summed E-state index contributed by atoms with van der Waals surface area (Å²) < 4.78 is 5.76. The number of rotatable bonds is 4. The van der Waals surface area contributed by atoms with Gasteiger partial charge in [0, 0.05) is 23.1 Å². The van der Waals surface area contributed by atoms with Crippen molar-refractivity contribution in [1.29, 1.82) is 0 Å². The molecule has 1 unspecified atom stereocenters. The lowest BCUT2D eigenvalue weighted by molar-refractivity contribution is 0.339. The number of fused-ring (bicyclic) bond motifs is 3. The van der Waals surface area contributed by atoms with E-state index < -0.39 is 0 Å². The number of aromatic nitrogens is 1. The summed E-state index contributed by atoms with van der Waals surface area (Å²) in [4.78, 5) is 3.77. The second kappa shape index (κ2) is 7.05. The van der Waals surface area contributed by atoms with E-state index in [0.29, 0.717) is 12.5 Å². The van der Waals surface area contributed by atoms with Gasteiger partial charge in [-0.1, -0.05) is 31.5 Å². The molecule has 2 N–H and O–H groups in total. The van der Waals surface area contributed by atoms with Crippen molar-refractivity contribution in [3.05, 3.63) is 63.8 Å². The topological polar surface area (TPSA) is 37.0 Å². The van der Waals surface area contributed by atoms with Crippen LogP contribution in [0, 0.1) is 13.8 Å². The van der Waals surface area contributed by atoms with Crippen LogP contribution in [0.5, 0.6) is 5.75 Å². The summed E-state index contributed by atoms with van der Waals surface area (Å²) in [6, 6.07) is 11.4. The molecule has 1 atom stereocenters. The Morgan fingerprint density at radius 3 is 2.70 bits per heavy atom. The average molecular weight is 363 g/mol. The van der Waals surface area contributed by atoms with Gasteiger partial charge >= 0.3 is 0 Å². The highest BCUT2D eigenvalue weighted by atomic mass is 16.5. The molecular formula is C24H30N2O. The molecule has 0 saturated heterocycles. The van der Waals surface area contributed by atoms with Crippen molar-refractivity contribution < 1.29 is 4.74 Å². The molecule has 1 aliphatic heterocycles. The van der Waals surface area contributed by atoms with Crippen LogP contribution in [0.25, 0.3) is 10.9 Å². The molecule has 0 fully saturated rings. The highest BCUT2D eigenvalue weighted by Gasteiger charge is 2.28. The van der Waals surface area contributed by atoms with E-state index in [0.717, 1.165) is 18.7 Å². The summed E-state index contributed by atoms with van der Waals surface area (Å²) >= 11 is 0. The highest BCUT2D eigenvalue weighted by Crippen LogP contribution is 2.38. The fraction of sp³-hybridized carbons (Fsp3) is 0.417. The molecule has 0 bridgehead atoms. The molecule has 1 aromatic heterocycles. The van der Waals surface area contributed by atoms with E-state index in [2.05, 4.69) is 68.3 Å². The molecule has 0 spiro atoms. The number of benzene rings is 2. The Morgan fingerprint density at radius 2 is 1.96 bits per heavy atom. The number of nitrogens with one attached hydrogen (secondary N) is 2. The lowest BCUT2D eigenvalue weighted by Crippen LogP contribution is -2.31. The zero-order valence-corrected chi connectivity index (χ0v) is 17.1. The molecule has 0 saturated carbocycles. The molecule has 3 nitrogen and oxygen atoms in total. The van der Waals surface area contributed by atoms with Gasteiger partial charge in [0.2, 0.25) is 0 Å². The van der Waals surface area contributed by atoms with Crippen LogP contribution in [0.3, 0.4) is 0 Å². The molecule has 0 aliphatic carbocycles. The van der Waals surface area contributed by atoms with Crippen LogP contribution in [0.15, 0.2) is 30.3 Å². The van der Waals surface area contributed by atoms with E-state index in [1.54, 1.807) is 0 Å². The third-order valence-corrected chi connectivity index (χ3v) is 5.70. The van der Waals surface area contributed by atoms with E-state index in [4.69, 9.17) is 4.74 Å². The van der Waals surface area contributed by atoms with Gasteiger partial charge in [-0.2, -0.15) is 0 Å². The van der Waals surface area contributed by atoms with Crippen molar-refractivity contribution in [2.24, 2.45) is 0 Å². The smallest absolute Gasteiger partial charge is 0.119 e. The van der Waals surface area contributed by atoms with Crippen molar-refractivity contribution in [2.75, 3.05) is 13.2 Å². The minimum absolute atomic E-state index is 0.203. The normalized spacial score (nSPS) is 16.7. The van der Waals surface area contributed by atoms with Gasteiger partial charge < -0.3 is 15.0 Å². The van der Waals surface area contributed by atoms with Crippen LogP contribution in [0.4, 0.5) is 0 Å². The summed E-state index contributed by atoms with van der Waals surface area (Å²) in [5.41, 5.74) is 9.47. The predicted octanol–water partition coefficient (Wildman–Crippen LogP) is 5.54. The number of H-pyrrole nitrogens is 1. The summed E-state index contributed by atoms with van der Waals surface area (Å²) in [6.07, 6.45) is 1.07. The van der Waals surface area contributed by atoms with Gasteiger partial charge in [-0.3, -0.25) is 0 Å². The predicted molar refractivity (Wildman–Crippen MR) is 113 cm³/mol. The second-order valence-corrected chi connectivity index (χ2v) is 8.04. The maximum absolute atomic E-state index is 5.76. The fourth-order valence-electron chi connectivity index (χ4n) is 4.52. The SMILES string of the molecule is CCOc1ccc(C2NCCc3c2[nH]c2c(C)cc(C)cc32)c(C(C)C)c1. The van der Waals surface area contributed by atoms with Crippen LogP contribution in [-0.4, -0.2) is 18.1 Å². The van der Waals surface area contributed by atoms with Gasteiger partial charge in [-0.05, 0) is 73.6 Å². The standard InChI is InChI=1S/C24H30N2O/c1-6-27-17-7-8-18(20(13-17)14(2)3)23-24-19(9-10-25-23)21-12-15(4)11-16(5)22(21)26-24/h7-8,11-14,23,25-26H,6,9-10H2,1-5H3. The first-order chi connectivity index (χ1) is 13.0. The first-order valence-electron chi connectivity index (χ1n) is 10.1. The molecule has 27 heavy (non-hydrogen) atoms. The van der Waals surface area contributed by atoms with E-state index in [-0.39, 0.29) is 6.04 Å². The molecular weight excluding hydrogens is 332 g/mol. The third kappa shape index (κ3) is 3.14. The summed E-state index contributed by atoms with van der Waals surface area (Å²) in [5.74, 6) is 1.41. The number of ether oxygens (including phenoxy) is 1. The van der Waals surface area contributed by atoms with Crippen molar-refractivity contribution >= 4 is 10.9 Å². The van der Waals surface area contributed by atoms with Gasteiger partial charge in [0.1, 0.15) is 5.75 Å². The van der Waals surface area contributed by atoms with Crippen LogP contribution in [0.2, 0.25) is 0 Å². The Bertz CT molecular complexity index is 984. The number of aromatic amines is 1. The lowest BCUT2D eigenvalue weighted by Gasteiger charge is -2.28. The maximum Gasteiger partial charge on any atom is 0.119 e. The molecule has 3 heteroatoms. The van der Waals surface area contributed by atoms with Crippen LogP contribution in [0.1, 0.15) is 66.2 Å². The van der Waals surface area contributed by atoms with Crippen LogP contribution in [-0.2, 0) is 6.42 Å². The zero-order chi connectivity index (χ0) is 19.1. The quantitative estimate of drug-likeness (QED) is 0.639. The van der Waals surface area contributed by atoms with Gasteiger partial charge in [-0.25, -0.2) is 0 Å². The Morgan fingerprint density at radius 1 is 1.15 bits per heavy atom. The van der Waals surface area contributed by atoms with Gasteiger partial charge in [0.05, 0.1) is 12.6 Å². The molecule has 3 aromatic rings. The van der Waals surface area contributed by atoms with Gasteiger partial charge in [0.15, 0.2) is 0 Å². The van der Waals surface area contributed by atoms with Gasteiger partial charge in [0.25, 0.3) is 0 Å². The number of aryl methyl sites for hydroxylation is 2. The highest BCUT2D eigenvalue weighted by molar-refractivity contribution is 5.88. The molecule has 0 amide bonds. The molecule has 1 aliphatic rings. The zero-order valence-electron chi connectivity index (χ0n) is 17.1. The van der Waals surface area contributed by atoms with Crippen molar-refractivity contribution in [3.8, 4) is 5.75 Å². The number of hydrogen-bond acceptors (Lipinski definition) is 2. The molecule has 2 aromatic carbocycles. The summed E-state index contributed by atoms with van der Waals surface area (Å²) in [7, 11) is 0. The second-order valence-electron chi connectivity index (χ2n) is 8.04. The third-order valence-electron chi connectivity index (χ3n) is 5.70. The minimum Gasteiger partial charge on any atom is -0.494 e. The van der Waals surface area contributed by atoms with E-state index in [9.17, 15) is 0 Å². The minimum atomic E-state index is 0.203. The van der Waals surface area contributed by atoms with E-state index in [1.165, 1.54) is 44.4 Å². The Hall–Kier alpha value is -2.26. The van der Waals surface area contributed by atoms with E-state index in [1.807, 2.05) is 6.92 Å². The molecule has 0 radical (unpaired) electrons. The first-order valence-corrected chi connectivity index (χ1v) is 10.1.